The van der Waals surface area contributed by atoms with E-state index in [4.69, 9.17) is 9.84 Å². The van der Waals surface area contributed by atoms with Gasteiger partial charge in [-0.15, -0.1) is 0 Å². The van der Waals surface area contributed by atoms with Crippen molar-refractivity contribution in [2.24, 2.45) is 5.92 Å². The molecular formula is C13H14BrNO4. The van der Waals surface area contributed by atoms with Crippen LogP contribution in [0.3, 0.4) is 0 Å². The molecule has 1 unspecified atom stereocenters. The zero-order valence-electron chi connectivity index (χ0n) is 10.2. The smallest absolute Gasteiger partial charge is 0.410 e. The van der Waals surface area contributed by atoms with Crippen LogP contribution in [0.25, 0.3) is 0 Å². The summed E-state index contributed by atoms with van der Waals surface area (Å²) in [5, 5.41) is 8.87. The largest absolute Gasteiger partial charge is 0.481 e. The fourth-order valence-corrected chi connectivity index (χ4v) is 2.44. The van der Waals surface area contributed by atoms with Crippen LogP contribution in [-0.4, -0.2) is 35.2 Å². The van der Waals surface area contributed by atoms with Crippen LogP contribution in [0.1, 0.15) is 12.0 Å². The summed E-state index contributed by atoms with van der Waals surface area (Å²) < 4.78 is 6.09. The van der Waals surface area contributed by atoms with Gasteiger partial charge in [0.2, 0.25) is 0 Å². The minimum absolute atomic E-state index is 0.187. The van der Waals surface area contributed by atoms with Crippen LogP contribution >= 0.6 is 15.9 Å². The summed E-state index contributed by atoms with van der Waals surface area (Å²) in [5.41, 5.74) is 0.886. The number of carboxylic acids is 1. The molecule has 1 amide bonds. The van der Waals surface area contributed by atoms with Crippen LogP contribution in [-0.2, 0) is 16.1 Å². The molecule has 1 N–H and O–H groups in total. The minimum atomic E-state index is -0.859. The molecule has 1 fully saturated rings. The van der Waals surface area contributed by atoms with E-state index in [-0.39, 0.29) is 13.2 Å². The van der Waals surface area contributed by atoms with Crippen molar-refractivity contribution in [2.45, 2.75) is 13.0 Å². The van der Waals surface area contributed by atoms with Gasteiger partial charge in [-0.05, 0) is 24.1 Å². The Morgan fingerprint density at radius 2 is 2.26 bits per heavy atom. The van der Waals surface area contributed by atoms with Crippen molar-refractivity contribution in [3.63, 3.8) is 0 Å². The molecule has 1 heterocycles. The summed E-state index contributed by atoms with van der Waals surface area (Å²) in [7, 11) is 0. The number of hydrogen-bond acceptors (Lipinski definition) is 3. The zero-order valence-corrected chi connectivity index (χ0v) is 11.8. The number of aliphatic carboxylic acids is 1. The van der Waals surface area contributed by atoms with Gasteiger partial charge < -0.3 is 14.7 Å². The zero-order chi connectivity index (χ0) is 13.8. The number of rotatable bonds is 3. The van der Waals surface area contributed by atoms with Gasteiger partial charge in [0, 0.05) is 17.6 Å². The van der Waals surface area contributed by atoms with Crippen molar-refractivity contribution in [3.05, 3.63) is 34.3 Å². The van der Waals surface area contributed by atoms with Crippen molar-refractivity contribution >= 4 is 28.0 Å². The monoisotopic (exact) mass is 327 g/mol. The summed E-state index contributed by atoms with van der Waals surface area (Å²) in [6.07, 6.45) is 0.0325. The number of likely N-dealkylation sites (tertiary alicyclic amines) is 1. The Labute approximate surface area is 119 Å². The van der Waals surface area contributed by atoms with E-state index < -0.39 is 18.0 Å². The molecule has 0 aromatic heterocycles. The highest BCUT2D eigenvalue weighted by Crippen LogP contribution is 2.18. The fourth-order valence-electron chi connectivity index (χ4n) is 1.99. The third kappa shape index (κ3) is 3.70. The molecule has 19 heavy (non-hydrogen) atoms. The lowest BCUT2D eigenvalue weighted by Gasteiger charge is -2.15. The van der Waals surface area contributed by atoms with Gasteiger partial charge in [-0.1, -0.05) is 28.1 Å². The van der Waals surface area contributed by atoms with E-state index in [0.29, 0.717) is 13.0 Å². The van der Waals surface area contributed by atoms with Crippen LogP contribution in [0, 0.1) is 5.92 Å². The van der Waals surface area contributed by atoms with Gasteiger partial charge in [0.1, 0.15) is 6.61 Å². The molecule has 1 atom stereocenters. The normalized spacial score (nSPS) is 18.4. The highest BCUT2D eigenvalue weighted by atomic mass is 79.9. The number of hydrogen-bond donors (Lipinski definition) is 1. The third-order valence-electron chi connectivity index (χ3n) is 3.05. The predicted molar refractivity (Wildman–Crippen MR) is 71.6 cm³/mol. The molecule has 0 radical (unpaired) electrons. The third-order valence-corrected chi connectivity index (χ3v) is 3.54. The van der Waals surface area contributed by atoms with E-state index in [1.165, 1.54) is 4.90 Å². The van der Waals surface area contributed by atoms with Crippen molar-refractivity contribution < 1.29 is 19.4 Å². The summed E-state index contributed by atoms with van der Waals surface area (Å²) in [5.74, 6) is -1.33. The average Bonchev–Trinajstić information content (AvgIpc) is 2.86. The van der Waals surface area contributed by atoms with Gasteiger partial charge in [-0.2, -0.15) is 0 Å². The number of nitrogens with zero attached hydrogens (tertiary/aromatic N) is 1. The van der Waals surface area contributed by atoms with Crippen molar-refractivity contribution in [1.82, 2.24) is 4.90 Å². The maximum absolute atomic E-state index is 11.8. The first kappa shape index (κ1) is 13.9. The first-order valence-electron chi connectivity index (χ1n) is 5.95. The average molecular weight is 328 g/mol. The maximum Gasteiger partial charge on any atom is 0.410 e. The molecule has 1 saturated heterocycles. The summed E-state index contributed by atoms with van der Waals surface area (Å²) in [4.78, 5) is 24.0. The molecule has 1 aromatic rings. The summed E-state index contributed by atoms with van der Waals surface area (Å²) in [6.45, 7) is 0.855. The molecule has 0 aliphatic carbocycles. The van der Waals surface area contributed by atoms with Gasteiger partial charge >= 0.3 is 12.1 Å². The molecule has 1 aliphatic rings. The van der Waals surface area contributed by atoms with E-state index in [1.807, 2.05) is 24.3 Å². The van der Waals surface area contributed by atoms with Crippen LogP contribution in [0.2, 0.25) is 0 Å². The summed E-state index contributed by atoms with van der Waals surface area (Å²) in [6, 6.07) is 7.49. The van der Waals surface area contributed by atoms with E-state index in [0.717, 1.165) is 10.0 Å². The topological polar surface area (TPSA) is 66.8 Å². The van der Waals surface area contributed by atoms with E-state index >= 15 is 0 Å². The lowest BCUT2D eigenvalue weighted by atomic mass is 10.1. The Kier molecular flexibility index (Phi) is 4.42. The Hall–Kier alpha value is -1.56. The highest BCUT2D eigenvalue weighted by Gasteiger charge is 2.31. The number of carboxylic acid groups (broad SMARTS) is 1. The molecule has 1 aromatic carbocycles. The summed E-state index contributed by atoms with van der Waals surface area (Å²) >= 11 is 3.34. The number of benzene rings is 1. The molecule has 102 valence electrons. The molecule has 5 nitrogen and oxygen atoms in total. The predicted octanol–water partition coefficient (Wildman–Crippen LogP) is 2.49. The van der Waals surface area contributed by atoms with Crippen molar-refractivity contribution in [3.8, 4) is 0 Å². The fraction of sp³-hybridized carbons (Fsp3) is 0.385. The SMILES string of the molecule is O=C(O)C1CCN(C(=O)OCc2cccc(Br)c2)C1. The number of carbonyl (C=O) groups excluding carboxylic acids is 1. The molecule has 0 bridgehead atoms. The minimum Gasteiger partial charge on any atom is -0.481 e. The van der Waals surface area contributed by atoms with E-state index in [9.17, 15) is 9.59 Å². The second-order valence-electron chi connectivity index (χ2n) is 4.45. The molecule has 6 heteroatoms. The van der Waals surface area contributed by atoms with Crippen LogP contribution in [0.5, 0.6) is 0 Å². The van der Waals surface area contributed by atoms with Crippen LogP contribution in [0.15, 0.2) is 28.7 Å². The number of carbonyl (C=O) groups is 2. The van der Waals surface area contributed by atoms with Gasteiger partial charge in [0.15, 0.2) is 0 Å². The number of ether oxygens (including phenoxy) is 1. The second kappa shape index (κ2) is 6.06. The molecule has 0 spiro atoms. The molecule has 0 saturated carbocycles. The first-order valence-corrected chi connectivity index (χ1v) is 6.74. The van der Waals surface area contributed by atoms with Crippen LogP contribution < -0.4 is 0 Å². The lowest BCUT2D eigenvalue weighted by Crippen LogP contribution is -2.30. The van der Waals surface area contributed by atoms with E-state index in [1.54, 1.807) is 0 Å². The molecular weight excluding hydrogens is 314 g/mol. The Balaban J connectivity index is 1.84. The van der Waals surface area contributed by atoms with Gasteiger partial charge in [-0.3, -0.25) is 4.79 Å². The quantitative estimate of drug-likeness (QED) is 0.926. The van der Waals surface area contributed by atoms with Crippen molar-refractivity contribution in [2.75, 3.05) is 13.1 Å². The standard InChI is InChI=1S/C13H14BrNO4/c14-11-3-1-2-9(6-11)8-19-13(18)15-5-4-10(7-15)12(16)17/h1-3,6,10H,4-5,7-8H2,(H,16,17). The van der Waals surface area contributed by atoms with Crippen LogP contribution in [0.4, 0.5) is 4.79 Å². The highest BCUT2D eigenvalue weighted by molar-refractivity contribution is 9.10. The Morgan fingerprint density at radius 1 is 1.47 bits per heavy atom. The molecule has 2 rings (SSSR count). The number of halogens is 1. The van der Waals surface area contributed by atoms with Gasteiger partial charge in [0.25, 0.3) is 0 Å². The molecule has 1 aliphatic heterocycles. The Bertz CT molecular complexity index is 491. The van der Waals surface area contributed by atoms with E-state index in [2.05, 4.69) is 15.9 Å². The van der Waals surface area contributed by atoms with Gasteiger partial charge in [0.05, 0.1) is 5.92 Å². The maximum atomic E-state index is 11.8. The van der Waals surface area contributed by atoms with Gasteiger partial charge in [-0.25, -0.2) is 4.79 Å². The lowest BCUT2D eigenvalue weighted by molar-refractivity contribution is -0.141. The second-order valence-corrected chi connectivity index (χ2v) is 5.37. The Morgan fingerprint density at radius 3 is 2.89 bits per heavy atom. The number of amides is 1. The van der Waals surface area contributed by atoms with Crippen molar-refractivity contribution in [1.29, 1.82) is 0 Å². The first-order chi connectivity index (χ1) is 9.06.